The van der Waals surface area contributed by atoms with E-state index in [1.54, 1.807) is 0 Å². The van der Waals surface area contributed by atoms with E-state index >= 15 is 0 Å². The number of ether oxygens (including phenoxy) is 2. The van der Waals surface area contributed by atoms with Gasteiger partial charge in [-0.25, -0.2) is 0 Å². The topological polar surface area (TPSA) is 18.5 Å². The Balaban J connectivity index is 2.99. The van der Waals surface area contributed by atoms with Gasteiger partial charge in [-0.1, -0.05) is 6.92 Å². The molecule has 0 spiro atoms. The summed E-state index contributed by atoms with van der Waals surface area (Å²) in [4.78, 5) is 0. The highest BCUT2D eigenvalue weighted by molar-refractivity contribution is 4.46. The minimum atomic E-state index is 0.357. The van der Waals surface area contributed by atoms with E-state index in [0.29, 0.717) is 12.2 Å². The second-order valence-corrected chi connectivity index (χ2v) is 3.72. The molecule has 0 aromatic heterocycles. The molecular weight excluding hydrogens is 164 g/mol. The van der Waals surface area contributed by atoms with Crippen LogP contribution in [0.2, 0.25) is 0 Å². The second-order valence-electron chi connectivity index (χ2n) is 3.72. The molecule has 0 saturated heterocycles. The molecule has 0 rings (SSSR count). The molecule has 0 aliphatic heterocycles. The fourth-order valence-corrected chi connectivity index (χ4v) is 0.926. The SMILES string of the molecule is CCC(C)OCCCCOC(C)C. The van der Waals surface area contributed by atoms with Crippen LogP contribution in [0.15, 0.2) is 0 Å². The maximum atomic E-state index is 5.54. The van der Waals surface area contributed by atoms with Crippen molar-refractivity contribution in [2.24, 2.45) is 0 Å². The molecule has 0 amide bonds. The van der Waals surface area contributed by atoms with Crippen molar-refractivity contribution < 1.29 is 9.47 Å². The van der Waals surface area contributed by atoms with Crippen LogP contribution in [0, 0.1) is 0 Å². The van der Waals surface area contributed by atoms with E-state index in [4.69, 9.17) is 9.47 Å². The zero-order valence-electron chi connectivity index (χ0n) is 9.51. The maximum Gasteiger partial charge on any atom is 0.0544 e. The van der Waals surface area contributed by atoms with Crippen LogP contribution in [0.3, 0.4) is 0 Å². The monoisotopic (exact) mass is 188 g/mol. The van der Waals surface area contributed by atoms with Gasteiger partial charge in [-0.05, 0) is 40.0 Å². The molecule has 0 fully saturated rings. The molecule has 0 aromatic rings. The summed E-state index contributed by atoms with van der Waals surface area (Å²) in [7, 11) is 0. The molecule has 1 unspecified atom stereocenters. The third kappa shape index (κ3) is 9.84. The lowest BCUT2D eigenvalue weighted by atomic mass is 10.3. The van der Waals surface area contributed by atoms with E-state index in [1.165, 1.54) is 0 Å². The van der Waals surface area contributed by atoms with Crippen LogP contribution in [0.4, 0.5) is 0 Å². The van der Waals surface area contributed by atoms with Gasteiger partial charge in [0.05, 0.1) is 12.2 Å². The summed E-state index contributed by atoms with van der Waals surface area (Å²) in [5, 5.41) is 0. The lowest BCUT2D eigenvalue weighted by molar-refractivity contribution is 0.0444. The van der Waals surface area contributed by atoms with E-state index in [1.807, 2.05) is 0 Å². The molecule has 0 aromatic carbocycles. The van der Waals surface area contributed by atoms with Gasteiger partial charge in [-0.2, -0.15) is 0 Å². The third-order valence-electron chi connectivity index (χ3n) is 1.97. The lowest BCUT2D eigenvalue weighted by Crippen LogP contribution is -2.09. The van der Waals surface area contributed by atoms with Crippen LogP contribution in [0.25, 0.3) is 0 Å². The first-order valence-corrected chi connectivity index (χ1v) is 5.40. The Morgan fingerprint density at radius 3 is 1.92 bits per heavy atom. The standard InChI is InChI=1S/C11H24O2/c1-5-11(4)13-9-7-6-8-12-10(2)3/h10-11H,5-9H2,1-4H3. The molecule has 0 aliphatic carbocycles. The van der Waals surface area contributed by atoms with Gasteiger partial charge in [-0.15, -0.1) is 0 Å². The molecule has 0 N–H and O–H groups in total. The molecule has 1 atom stereocenters. The quantitative estimate of drug-likeness (QED) is 0.545. The Bertz CT molecular complexity index is 102. The van der Waals surface area contributed by atoms with Gasteiger partial charge in [0.1, 0.15) is 0 Å². The molecule has 0 bridgehead atoms. The summed E-state index contributed by atoms with van der Waals surface area (Å²) in [5.41, 5.74) is 0. The van der Waals surface area contributed by atoms with Gasteiger partial charge < -0.3 is 9.47 Å². The fourth-order valence-electron chi connectivity index (χ4n) is 0.926. The van der Waals surface area contributed by atoms with E-state index in [-0.39, 0.29) is 0 Å². The van der Waals surface area contributed by atoms with Crippen LogP contribution >= 0.6 is 0 Å². The molecular formula is C11H24O2. The first kappa shape index (κ1) is 12.9. The minimum absolute atomic E-state index is 0.357. The van der Waals surface area contributed by atoms with Crippen molar-refractivity contribution in [2.45, 2.75) is 59.2 Å². The zero-order valence-corrected chi connectivity index (χ0v) is 9.51. The molecule has 0 aliphatic rings. The van der Waals surface area contributed by atoms with Gasteiger partial charge in [0.25, 0.3) is 0 Å². The zero-order chi connectivity index (χ0) is 10.1. The van der Waals surface area contributed by atoms with Gasteiger partial charge in [0.15, 0.2) is 0 Å². The molecule has 0 heterocycles. The molecule has 80 valence electrons. The largest absolute Gasteiger partial charge is 0.379 e. The summed E-state index contributed by atoms with van der Waals surface area (Å²) in [6.45, 7) is 10.1. The fraction of sp³-hybridized carbons (Fsp3) is 1.00. The van der Waals surface area contributed by atoms with E-state index < -0.39 is 0 Å². The molecule has 13 heavy (non-hydrogen) atoms. The summed E-state index contributed by atoms with van der Waals surface area (Å²) >= 11 is 0. The van der Waals surface area contributed by atoms with Crippen molar-refractivity contribution >= 4 is 0 Å². The van der Waals surface area contributed by atoms with Gasteiger partial charge in [0, 0.05) is 13.2 Å². The highest BCUT2D eigenvalue weighted by Crippen LogP contribution is 1.99. The smallest absolute Gasteiger partial charge is 0.0544 e. The van der Waals surface area contributed by atoms with Gasteiger partial charge in [-0.3, -0.25) is 0 Å². The van der Waals surface area contributed by atoms with Crippen molar-refractivity contribution in [3.63, 3.8) is 0 Å². The van der Waals surface area contributed by atoms with Crippen LogP contribution in [-0.4, -0.2) is 25.4 Å². The van der Waals surface area contributed by atoms with Crippen molar-refractivity contribution in [1.82, 2.24) is 0 Å². The van der Waals surface area contributed by atoms with E-state index in [0.717, 1.165) is 32.5 Å². The van der Waals surface area contributed by atoms with Crippen molar-refractivity contribution in [2.75, 3.05) is 13.2 Å². The second kappa shape index (κ2) is 8.52. The van der Waals surface area contributed by atoms with Gasteiger partial charge in [0.2, 0.25) is 0 Å². The Morgan fingerprint density at radius 1 is 0.923 bits per heavy atom. The Morgan fingerprint density at radius 2 is 1.46 bits per heavy atom. The minimum Gasteiger partial charge on any atom is -0.379 e. The number of rotatable bonds is 8. The number of hydrogen-bond donors (Lipinski definition) is 0. The molecule has 2 nitrogen and oxygen atoms in total. The average Bonchev–Trinajstić information content (AvgIpc) is 2.10. The maximum absolute atomic E-state index is 5.54. The Kier molecular flexibility index (Phi) is 8.46. The normalized spacial score (nSPS) is 13.6. The van der Waals surface area contributed by atoms with Crippen LogP contribution < -0.4 is 0 Å². The summed E-state index contributed by atoms with van der Waals surface area (Å²) in [5.74, 6) is 0. The first-order valence-electron chi connectivity index (χ1n) is 5.40. The van der Waals surface area contributed by atoms with Crippen molar-refractivity contribution in [3.05, 3.63) is 0 Å². The summed E-state index contributed by atoms with van der Waals surface area (Å²) in [6, 6.07) is 0. The highest BCUT2D eigenvalue weighted by atomic mass is 16.5. The van der Waals surface area contributed by atoms with Crippen LogP contribution in [0.5, 0.6) is 0 Å². The molecule has 2 heteroatoms. The van der Waals surface area contributed by atoms with Crippen molar-refractivity contribution in [1.29, 1.82) is 0 Å². The Hall–Kier alpha value is -0.0800. The number of hydrogen-bond acceptors (Lipinski definition) is 2. The van der Waals surface area contributed by atoms with E-state index in [2.05, 4.69) is 27.7 Å². The lowest BCUT2D eigenvalue weighted by Gasteiger charge is -2.10. The predicted octanol–water partition coefficient (Wildman–Crippen LogP) is 3.01. The van der Waals surface area contributed by atoms with Crippen molar-refractivity contribution in [3.8, 4) is 0 Å². The van der Waals surface area contributed by atoms with E-state index in [9.17, 15) is 0 Å². The predicted molar refractivity (Wildman–Crippen MR) is 56.0 cm³/mol. The molecule has 0 radical (unpaired) electrons. The Labute approximate surface area is 82.6 Å². The third-order valence-corrected chi connectivity index (χ3v) is 1.97. The first-order chi connectivity index (χ1) is 6.16. The highest BCUT2D eigenvalue weighted by Gasteiger charge is 1.97. The number of unbranched alkanes of at least 4 members (excludes halogenated alkanes) is 1. The average molecular weight is 188 g/mol. The van der Waals surface area contributed by atoms with Gasteiger partial charge >= 0.3 is 0 Å². The van der Waals surface area contributed by atoms with Crippen LogP contribution in [-0.2, 0) is 9.47 Å². The summed E-state index contributed by atoms with van der Waals surface area (Å²) in [6.07, 6.45) is 4.08. The molecule has 0 saturated carbocycles. The summed E-state index contributed by atoms with van der Waals surface area (Å²) < 4.78 is 11.0. The van der Waals surface area contributed by atoms with Crippen LogP contribution in [0.1, 0.15) is 47.0 Å².